The Morgan fingerprint density at radius 2 is 1.88 bits per heavy atom. The molecule has 1 heterocycles. The monoisotopic (exact) mass is 329 g/mol. The summed E-state index contributed by atoms with van der Waals surface area (Å²) in [6, 6.07) is 4.18. The van der Waals surface area contributed by atoms with Crippen LogP contribution in [0.25, 0.3) is 5.57 Å². The molecule has 0 spiro atoms. The van der Waals surface area contributed by atoms with Crippen LogP contribution in [0.4, 0.5) is 5.69 Å². The second-order valence-electron chi connectivity index (χ2n) is 7.47. The van der Waals surface area contributed by atoms with Gasteiger partial charge in [0, 0.05) is 11.3 Å². The van der Waals surface area contributed by atoms with Crippen LogP contribution in [0.2, 0.25) is 0 Å². The van der Waals surface area contributed by atoms with Gasteiger partial charge in [-0.25, -0.2) is 5.84 Å². The van der Waals surface area contributed by atoms with Crippen molar-refractivity contribution in [3.8, 4) is 0 Å². The summed E-state index contributed by atoms with van der Waals surface area (Å²) in [6.45, 7) is 12.9. The van der Waals surface area contributed by atoms with E-state index in [1.807, 2.05) is 0 Å². The summed E-state index contributed by atoms with van der Waals surface area (Å²) >= 11 is 0. The van der Waals surface area contributed by atoms with Gasteiger partial charge in [0.2, 0.25) is 0 Å². The lowest BCUT2D eigenvalue weighted by Gasteiger charge is -2.47. The van der Waals surface area contributed by atoms with Crippen LogP contribution in [0.15, 0.2) is 18.2 Å². The van der Waals surface area contributed by atoms with Gasteiger partial charge in [-0.2, -0.15) is 0 Å². The van der Waals surface area contributed by atoms with E-state index in [-0.39, 0.29) is 17.5 Å². The fourth-order valence-electron chi connectivity index (χ4n) is 3.74. The van der Waals surface area contributed by atoms with Crippen LogP contribution in [-0.4, -0.2) is 17.5 Å². The molecule has 0 bridgehead atoms. The number of benzene rings is 1. The van der Waals surface area contributed by atoms with Crippen molar-refractivity contribution in [2.45, 2.75) is 72.4 Å². The molecule has 0 fully saturated rings. The third kappa shape index (κ3) is 3.34. The Balaban J connectivity index is 2.62. The van der Waals surface area contributed by atoms with E-state index in [9.17, 15) is 4.79 Å². The van der Waals surface area contributed by atoms with Gasteiger partial charge < -0.3 is 4.90 Å². The van der Waals surface area contributed by atoms with Gasteiger partial charge in [0.25, 0.3) is 5.91 Å². The maximum atomic E-state index is 12.5. The molecule has 1 amide bonds. The lowest BCUT2D eigenvalue weighted by molar-refractivity contribution is -0.122. The molecule has 1 aromatic rings. The van der Waals surface area contributed by atoms with Crippen LogP contribution in [0.3, 0.4) is 0 Å². The van der Waals surface area contributed by atoms with Crippen molar-refractivity contribution >= 4 is 17.2 Å². The summed E-state index contributed by atoms with van der Waals surface area (Å²) in [5.41, 5.74) is 8.25. The van der Waals surface area contributed by atoms with Gasteiger partial charge in [-0.15, -0.1) is 0 Å². The van der Waals surface area contributed by atoms with Gasteiger partial charge in [-0.3, -0.25) is 10.2 Å². The fraction of sp³-hybridized carbons (Fsp3) is 0.550. The molecule has 2 rings (SSSR count). The van der Waals surface area contributed by atoms with E-state index in [2.05, 4.69) is 70.1 Å². The average molecular weight is 329 g/mol. The Labute approximate surface area is 146 Å². The number of nitrogens with one attached hydrogen (secondary N) is 1. The average Bonchev–Trinajstić information content (AvgIpc) is 2.51. The molecule has 3 N–H and O–H groups in total. The van der Waals surface area contributed by atoms with Crippen molar-refractivity contribution in [3.05, 3.63) is 34.9 Å². The zero-order chi connectivity index (χ0) is 18.1. The molecule has 0 radical (unpaired) electrons. The maximum Gasteiger partial charge on any atom is 0.256 e. The van der Waals surface area contributed by atoms with Gasteiger partial charge in [-0.05, 0) is 69.9 Å². The largest absolute Gasteiger partial charge is 0.350 e. The lowest BCUT2D eigenvalue weighted by Crippen LogP contribution is -2.57. The van der Waals surface area contributed by atoms with Gasteiger partial charge in [0.05, 0.1) is 5.54 Å². The minimum Gasteiger partial charge on any atom is -0.350 e. The fourth-order valence-corrected chi connectivity index (χ4v) is 3.74. The summed E-state index contributed by atoms with van der Waals surface area (Å²) < 4.78 is 0. The number of aryl methyl sites for hydroxylation is 2. The molecule has 0 saturated heterocycles. The first kappa shape index (κ1) is 18.5. The van der Waals surface area contributed by atoms with Crippen LogP contribution in [0.5, 0.6) is 0 Å². The van der Waals surface area contributed by atoms with Crippen LogP contribution >= 0.6 is 0 Å². The Morgan fingerprint density at radius 3 is 2.46 bits per heavy atom. The molecule has 0 aliphatic carbocycles. The molecule has 4 heteroatoms. The minimum atomic E-state index is -0.268. The highest BCUT2D eigenvalue weighted by Crippen LogP contribution is 2.42. The number of rotatable bonds is 5. The van der Waals surface area contributed by atoms with E-state index in [1.54, 1.807) is 0 Å². The second-order valence-corrected chi connectivity index (χ2v) is 7.47. The topological polar surface area (TPSA) is 58.4 Å². The van der Waals surface area contributed by atoms with Gasteiger partial charge in [0.1, 0.15) is 6.04 Å². The number of hydrazine groups is 1. The molecule has 1 aliphatic heterocycles. The molecular formula is C20H31N3O. The molecule has 24 heavy (non-hydrogen) atoms. The molecule has 1 aliphatic rings. The highest BCUT2D eigenvalue weighted by molar-refractivity contribution is 5.90. The Bertz CT molecular complexity index is 661. The first-order chi connectivity index (χ1) is 11.2. The zero-order valence-corrected chi connectivity index (χ0v) is 15.9. The van der Waals surface area contributed by atoms with E-state index in [1.165, 1.54) is 22.3 Å². The van der Waals surface area contributed by atoms with E-state index in [0.717, 1.165) is 24.9 Å². The van der Waals surface area contributed by atoms with Crippen LogP contribution < -0.4 is 16.2 Å². The summed E-state index contributed by atoms with van der Waals surface area (Å²) in [7, 11) is 0. The number of fused-ring (bicyclic) bond motifs is 1. The summed E-state index contributed by atoms with van der Waals surface area (Å²) in [6.07, 6.45) is 5.10. The number of unbranched alkanes of at least 4 members (excludes halogenated alkanes) is 1. The first-order valence-electron chi connectivity index (χ1n) is 8.83. The van der Waals surface area contributed by atoms with E-state index >= 15 is 0 Å². The van der Waals surface area contributed by atoms with Gasteiger partial charge >= 0.3 is 0 Å². The third-order valence-electron chi connectivity index (χ3n) is 5.07. The van der Waals surface area contributed by atoms with Crippen molar-refractivity contribution < 1.29 is 4.79 Å². The number of hydrogen-bond acceptors (Lipinski definition) is 3. The molecule has 0 aromatic heterocycles. The number of nitrogens with two attached hydrogens (primary N) is 1. The smallest absolute Gasteiger partial charge is 0.256 e. The quantitative estimate of drug-likeness (QED) is 0.490. The maximum absolute atomic E-state index is 12.5. The summed E-state index contributed by atoms with van der Waals surface area (Å²) in [5, 5.41) is 0. The molecule has 132 valence electrons. The molecule has 0 unspecified atom stereocenters. The zero-order valence-electron chi connectivity index (χ0n) is 15.9. The van der Waals surface area contributed by atoms with Crippen molar-refractivity contribution in [2.75, 3.05) is 4.90 Å². The third-order valence-corrected chi connectivity index (χ3v) is 5.07. The van der Waals surface area contributed by atoms with Crippen molar-refractivity contribution in [3.63, 3.8) is 0 Å². The predicted octanol–water partition coefficient (Wildman–Crippen LogP) is 3.85. The summed E-state index contributed by atoms with van der Waals surface area (Å²) in [4.78, 5) is 14.8. The number of amides is 1. The molecule has 1 atom stereocenters. The Hall–Kier alpha value is -1.81. The van der Waals surface area contributed by atoms with E-state index < -0.39 is 0 Å². The number of allylic oxidation sites excluding steroid dienone is 1. The number of anilines is 1. The number of nitrogens with zero attached hydrogens (tertiary/aromatic N) is 1. The SMILES string of the molecule is CCCC[C@H](C(=O)NN)N1c2cc(C)c(C)cc2C(C)=CC1(C)C. The predicted molar refractivity (Wildman–Crippen MR) is 102 cm³/mol. The van der Waals surface area contributed by atoms with Crippen molar-refractivity contribution in [1.29, 1.82) is 0 Å². The van der Waals surface area contributed by atoms with Crippen LogP contribution in [-0.2, 0) is 4.79 Å². The van der Waals surface area contributed by atoms with Gasteiger partial charge in [-0.1, -0.05) is 25.8 Å². The van der Waals surface area contributed by atoms with Crippen molar-refractivity contribution in [1.82, 2.24) is 5.43 Å². The summed E-state index contributed by atoms with van der Waals surface area (Å²) in [5.74, 6) is 5.38. The first-order valence-corrected chi connectivity index (χ1v) is 8.83. The highest BCUT2D eigenvalue weighted by Gasteiger charge is 2.39. The molecule has 1 aromatic carbocycles. The number of carbonyl (C=O) groups excluding carboxylic acids is 1. The van der Waals surface area contributed by atoms with Crippen LogP contribution in [0, 0.1) is 13.8 Å². The number of carbonyl (C=O) groups is 1. The highest BCUT2D eigenvalue weighted by atomic mass is 16.2. The van der Waals surface area contributed by atoms with Gasteiger partial charge in [0.15, 0.2) is 0 Å². The normalized spacial score (nSPS) is 17.1. The lowest BCUT2D eigenvalue weighted by atomic mass is 9.85. The molecular weight excluding hydrogens is 298 g/mol. The standard InChI is InChI=1S/C20H31N3O/c1-7-8-9-17(19(24)22-21)23-18-11-14(3)13(2)10-16(18)15(4)12-20(23,5)6/h10-12,17H,7-9,21H2,1-6H3,(H,22,24)/t17-/m1/s1. The Kier molecular flexibility index (Phi) is 5.38. The Morgan fingerprint density at radius 1 is 1.25 bits per heavy atom. The second kappa shape index (κ2) is 6.98. The van der Waals surface area contributed by atoms with Crippen molar-refractivity contribution in [2.24, 2.45) is 5.84 Å². The molecule has 0 saturated carbocycles. The number of hydrogen-bond donors (Lipinski definition) is 2. The van der Waals surface area contributed by atoms with E-state index in [0.29, 0.717) is 0 Å². The van der Waals surface area contributed by atoms with E-state index in [4.69, 9.17) is 5.84 Å². The minimum absolute atomic E-state index is 0.117. The van der Waals surface area contributed by atoms with Crippen LogP contribution in [0.1, 0.15) is 63.6 Å². The molecule has 4 nitrogen and oxygen atoms in total.